The monoisotopic (exact) mass is 204 g/mol. The molecule has 1 rings (SSSR count). The molecule has 1 heterocycles. The van der Waals surface area contributed by atoms with Crippen molar-refractivity contribution in [2.24, 2.45) is 5.92 Å². The predicted molar refractivity (Wildman–Crippen MR) is 52.5 cm³/mol. The molecule has 13 heavy (non-hydrogen) atoms. The lowest BCUT2D eigenvalue weighted by Gasteiger charge is -2.29. The molecule has 0 saturated carbocycles. The van der Waals surface area contributed by atoms with Crippen molar-refractivity contribution in [3.05, 3.63) is 12.7 Å². The molecule has 0 radical (unpaired) electrons. The summed E-state index contributed by atoms with van der Waals surface area (Å²) in [6.45, 7) is 4.90. The first-order valence-corrected chi connectivity index (χ1v) is 5.85. The fraction of sp³-hybridized carbons (Fsp3) is 0.750. The van der Waals surface area contributed by atoms with E-state index in [1.54, 1.807) is 0 Å². The smallest absolute Gasteiger partial charge is 0.205 e. The van der Waals surface area contributed by atoms with Crippen molar-refractivity contribution in [2.45, 2.75) is 12.8 Å². The second-order valence-electron chi connectivity index (χ2n) is 3.18. The lowest BCUT2D eigenvalue weighted by molar-refractivity contribution is 0.303. The van der Waals surface area contributed by atoms with Crippen LogP contribution in [0.5, 0.6) is 0 Å². The summed E-state index contributed by atoms with van der Waals surface area (Å²) in [6.07, 6.45) is 3.66. The predicted octanol–water partition coefficient (Wildman–Crippen LogP) is 0.349. The van der Waals surface area contributed by atoms with E-state index in [2.05, 4.69) is 11.3 Å². The SMILES string of the molecule is C=CC1CCN(S(=O)(=O)NC)CC1. The zero-order valence-electron chi connectivity index (χ0n) is 7.86. The number of rotatable bonds is 3. The molecule has 0 spiro atoms. The maximum atomic E-state index is 11.3. The first-order chi connectivity index (χ1) is 6.10. The van der Waals surface area contributed by atoms with E-state index < -0.39 is 10.2 Å². The third-order valence-electron chi connectivity index (χ3n) is 2.43. The van der Waals surface area contributed by atoms with Gasteiger partial charge in [0.15, 0.2) is 0 Å². The minimum Gasteiger partial charge on any atom is -0.205 e. The second kappa shape index (κ2) is 4.21. The summed E-state index contributed by atoms with van der Waals surface area (Å²) in [5.41, 5.74) is 0. The van der Waals surface area contributed by atoms with Crippen molar-refractivity contribution in [1.29, 1.82) is 0 Å². The molecule has 76 valence electrons. The Morgan fingerprint density at radius 3 is 2.38 bits per heavy atom. The lowest BCUT2D eigenvalue weighted by atomic mass is 9.99. The average Bonchev–Trinajstić information content (AvgIpc) is 2.18. The minimum absolute atomic E-state index is 0.475. The van der Waals surface area contributed by atoms with Crippen molar-refractivity contribution in [1.82, 2.24) is 9.03 Å². The van der Waals surface area contributed by atoms with Gasteiger partial charge in [0, 0.05) is 20.1 Å². The third kappa shape index (κ3) is 2.52. The van der Waals surface area contributed by atoms with Gasteiger partial charge in [0.05, 0.1) is 0 Å². The van der Waals surface area contributed by atoms with Crippen LogP contribution in [0, 0.1) is 5.92 Å². The number of piperidine rings is 1. The Morgan fingerprint density at radius 2 is 2.00 bits per heavy atom. The van der Waals surface area contributed by atoms with Gasteiger partial charge in [0.2, 0.25) is 0 Å². The Morgan fingerprint density at radius 1 is 1.46 bits per heavy atom. The minimum atomic E-state index is -3.20. The van der Waals surface area contributed by atoms with Gasteiger partial charge < -0.3 is 0 Å². The Labute approximate surface area is 79.8 Å². The summed E-state index contributed by atoms with van der Waals surface area (Å²) in [5.74, 6) is 0.475. The first kappa shape index (κ1) is 10.7. The highest BCUT2D eigenvalue weighted by atomic mass is 32.2. The van der Waals surface area contributed by atoms with Crippen LogP contribution in [0.3, 0.4) is 0 Å². The van der Waals surface area contributed by atoms with E-state index in [0.717, 1.165) is 12.8 Å². The van der Waals surface area contributed by atoms with Crippen LogP contribution in [0.2, 0.25) is 0 Å². The zero-order chi connectivity index (χ0) is 9.90. The molecule has 0 bridgehead atoms. The summed E-state index contributed by atoms with van der Waals surface area (Å²) in [4.78, 5) is 0. The number of nitrogens with one attached hydrogen (secondary N) is 1. The van der Waals surface area contributed by atoms with Gasteiger partial charge in [-0.2, -0.15) is 12.7 Å². The third-order valence-corrected chi connectivity index (χ3v) is 3.99. The summed E-state index contributed by atoms with van der Waals surface area (Å²) >= 11 is 0. The number of hydrogen-bond acceptors (Lipinski definition) is 2. The van der Waals surface area contributed by atoms with Crippen molar-refractivity contribution in [3.8, 4) is 0 Å². The molecule has 1 fully saturated rings. The molecule has 1 aliphatic heterocycles. The van der Waals surface area contributed by atoms with Gasteiger partial charge in [0.1, 0.15) is 0 Å². The van der Waals surface area contributed by atoms with Crippen LogP contribution in [0.25, 0.3) is 0 Å². The lowest BCUT2D eigenvalue weighted by Crippen LogP contribution is -2.43. The number of nitrogens with zero attached hydrogens (tertiary/aromatic N) is 1. The molecule has 0 aromatic heterocycles. The summed E-state index contributed by atoms with van der Waals surface area (Å²) in [6, 6.07) is 0. The molecule has 5 heteroatoms. The first-order valence-electron chi connectivity index (χ1n) is 4.41. The van der Waals surface area contributed by atoms with Gasteiger partial charge in [-0.15, -0.1) is 6.58 Å². The van der Waals surface area contributed by atoms with Gasteiger partial charge >= 0.3 is 0 Å². The van der Waals surface area contributed by atoms with Gasteiger partial charge in [0.25, 0.3) is 10.2 Å². The largest absolute Gasteiger partial charge is 0.279 e. The topological polar surface area (TPSA) is 49.4 Å². The highest BCUT2D eigenvalue weighted by Crippen LogP contribution is 2.19. The van der Waals surface area contributed by atoms with Gasteiger partial charge in [-0.05, 0) is 18.8 Å². The maximum absolute atomic E-state index is 11.3. The quantitative estimate of drug-likeness (QED) is 0.674. The summed E-state index contributed by atoms with van der Waals surface area (Å²) in [5, 5.41) is 0. The van der Waals surface area contributed by atoms with E-state index in [-0.39, 0.29) is 0 Å². The van der Waals surface area contributed by atoms with E-state index in [0.29, 0.717) is 19.0 Å². The number of hydrogen-bond donors (Lipinski definition) is 1. The van der Waals surface area contributed by atoms with E-state index >= 15 is 0 Å². The van der Waals surface area contributed by atoms with Crippen LogP contribution in [0.1, 0.15) is 12.8 Å². The number of allylic oxidation sites excluding steroid dienone is 1. The summed E-state index contributed by atoms with van der Waals surface area (Å²) < 4.78 is 26.5. The molecule has 0 amide bonds. The molecule has 1 aliphatic rings. The van der Waals surface area contributed by atoms with E-state index in [4.69, 9.17) is 0 Å². The van der Waals surface area contributed by atoms with E-state index in [9.17, 15) is 8.42 Å². The van der Waals surface area contributed by atoms with Crippen molar-refractivity contribution in [2.75, 3.05) is 20.1 Å². The van der Waals surface area contributed by atoms with Crippen LogP contribution >= 0.6 is 0 Å². The fourth-order valence-electron chi connectivity index (χ4n) is 1.48. The van der Waals surface area contributed by atoms with Crippen LogP contribution in [0.15, 0.2) is 12.7 Å². The van der Waals surface area contributed by atoms with Crippen LogP contribution < -0.4 is 4.72 Å². The van der Waals surface area contributed by atoms with Crippen LogP contribution in [-0.2, 0) is 10.2 Å². The van der Waals surface area contributed by atoms with Crippen LogP contribution in [-0.4, -0.2) is 32.9 Å². The van der Waals surface area contributed by atoms with Crippen LogP contribution in [0.4, 0.5) is 0 Å². The van der Waals surface area contributed by atoms with E-state index in [1.807, 2.05) is 6.08 Å². The molecular formula is C8H16N2O2S. The Kier molecular flexibility index (Phi) is 3.47. The van der Waals surface area contributed by atoms with Crippen molar-refractivity contribution in [3.63, 3.8) is 0 Å². The molecule has 1 saturated heterocycles. The molecule has 0 aromatic carbocycles. The van der Waals surface area contributed by atoms with Gasteiger partial charge in [-0.1, -0.05) is 6.08 Å². The standard InChI is InChI=1S/C8H16N2O2S/c1-3-8-4-6-10(7-5-8)13(11,12)9-2/h3,8-9H,1,4-7H2,2H3. The molecule has 1 N–H and O–H groups in total. The Balaban J connectivity index is 2.55. The molecule has 0 aliphatic carbocycles. The van der Waals surface area contributed by atoms with Crippen molar-refractivity contribution < 1.29 is 8.42 Å². The normalized spacial score (nSPS) is 21.6. The van der Waals surface area contributed by atoms with Gasteiger partial charge in [-0.25, -0.2) is 4.72 Å². The molecular weight excluding hydrogens is 188 g/mol. The highest BCUT2D eigenvalue weighted by Gasteiger charge is 2.25. The van der Waals surface area contributed by atoms with E-state index in [1.165, 1.54) is 11.4 Å². The second-order valence-corrected chi connectivity index (χ2v) is 5.06. The fourth-order valence-corrected chi connectivity index (χ4v) is 2.43. The average molecular weight is 204 g/mol. The Bertz CT molecular complexity index is 266. The molecule has 0 atom stereocenters. The molecule has 4 nitrogen and oxygen atoms in total. The maximum Gasteiger partial charge on any atom is 0.279 e. The summed E-state index contributed by atoms with van der Waals surface area (Å²) in [7, 11) is -1.76. The zero-order valence-corrected chi connectivity index (χ0v) is 8.68. The Hall–Kier alpha value is -0.390. The van der Waals surface area contributed by atoms with Crippen molar-refractivity contribution >= 4 is 10.2 Å². The molecule has 0 unspecified atom stereocenters. The van der Waals surface area contributed by atoms with Gasteiger partial charge in [-0.3, -0.25) is 0 Å². The highest BCUT2D eigenvalue weighted by molar-refractivity contribution is 7.87. The molecule has 0 aromatic rings.